The number of nitrogens with two attached hydrogens (primary N) is 1. The molecule has 1 aromatic rings. The van der Waals surface area contributed by atoms with Crippen LogP contribution in [0.5, 0.6) is 0 Å². The lowest BCUT2D eigenvalue weighted by atomic mass is 9.95. The lowest BCUT2D eigenvalue weighted by Crippen LogP contribution is -2.49. The molecule has 0 unspecified atom stereocenters. The molecule has 0 bridgehead atoms. The topological polar surface area (TPSA) is 42.2 Å². The molecule has 3 nitrogen and oxygen atoms in total. The molecule has 0 saturated heterocycles. The smallest absolute Gasteiger partial charge is 0.0897 e. The molecule has 1 saturated carbocycles. The van der Waals surface area contributed by atoms with Crippen LogP contribution in [0.3, 0.4) is 0 Å². The normalized spacial score (nSPS) is 19.5. The molecule has 1 fully saturated rings. The first-order chi connectivity index (χ1) is 7.66. The highest BCUT2D eigenvalue weighted by Gasteiger charge is 2.36. The van der Waals surface area contributed by atoms with E-state index in [1.165, 1.54) is 31.4 Å². The maximum atomic E-state index is 5.97. The van der Waals surface area contributed by atoms with Crippen molar-refractivity contribution in [1.29, 1.82) is 0 Å². The van der Waals surface area contributed by atoms with E-state index >= 15 is 0 Å². The van der Waals surface area contributed by atoms with Crippen molar-refractivity contribution in [2.45, 2.75) is 44.7 Å². The van der Waals surface area contributed by atoms with E-state index in [2.05, 4.69) is 29.2 Å². The molecule has 0 aromatic carbocycles. The molecule has 1 heterocycles. The summed E-state index contributed by atoms with van der Waals surface area (Å²) in [5.41, 5.74) is 7.39. The first kappa shape index (κ1) is 12.0. The molecule has 0 spiro atoms. The summed E-state index contributed by atoms with van der Waals surface area (Å²) in [5, 5.41) is 3.31. The van der Waals surface area contributed by atoms with E-state index in [0.29, 0.717) is 0 Å². The average molecular weight is 239 g/mol. The van der Waals surface area contributed by atoms with Crippen LogP contribution in [0.1, 0.15) is 36.4 Å². The van der Waals surface area contributed by atoms with Crippen LogP contribution in [0, 0.1) is 6.92 Å². The molecule has 4 heteroatoms. The predicted molar refractivity (Wildman–Crippen MR) is 68.6 cm³/mol. The quantitative estimate of drug-likeness (QED) is 0.875. The number of aryl methyl sites for hydroxylation is 1. The molecule has 1 aliphatic rings. The molecule has 0 atom stereocenters. The predicted octanol–water partition coefficient (Wildman–Crippen LogP) is 2.15. The highest BCUT2D eigenvalue weighted by Crippen LogP contribution is 2.34. The van der Waals surface area contributed by atoms with Gasteiger partial charge in [-0.15, -0.1) is 11.3 Å². The number of rotatable bonds is 4. The van der Waals surface area contributed by atoms with Crippen molar-refractivity contribution in [2.24, 2.45) is 5.73 Å². The van der Waals surface area contributed by atoms with Crippen LogP contribution in [-0.2, 0) is 6.54 Å². The summed E-state index contributed by atoms with van der Waals surface area (Å²) in [6.07, 6.45) is 5.11. The number of hydrogen-bond acceptors (Lipinski definition) is 4. The van der Waals surface area contributed by atoms with Crippen LogP contribution in [0.15, 0.2) is 5.38 Å². The fraction of sp³-hybridized carbons (Fsp3) is 0.750. The minimum atomic E-state index is 0.234. The second kappa shape index (κ2) is 4.82. The van der Waals surface area contributed by atoms with Gasteiger partial charge in [-0.05, 0) is 26.8 Å². The second-order valence-corrected chi connectivity index (χ2v) is 5.91. The lowest BCUT2D eigenvalue weighted by Gasteiger charge is -2.37. The first-order valence-corrected chi connectivity index (χ1v) is 6.86. The Morgan fingerprint density at radius 3 is 2.69 bits per heavy atom. The highest BCUT2D eigenvalue weighted by molar-refractivity contribution is 7.09. The van der Waals surface area contributed by atoms with E-state index in [9.17, 15) is 0 Å². The third kappa shape index (κ3) is 2.29. The zero-order valence-electron chi connectivity index (χ0n) is 10.2. The molecule has 90 valence electrons. The maximum absolute atomic E-state index is 5.97. The zero-order valence-corrected chi connectivity index (χ0v) is 11.0. The van der Waals surface area contributed by atoms with Gasteiger partial charge in [-0.2, -0.15) is 0 Å². The Balaban J connectivity index is 2.03. The Morgan fingerprint density at radius 2 is 2.19 bits per heavy atom. The van der Waals surface area contributed by atoms with Gasteiger partial charge in [0.1, 0.15) is 0 Å². The fourth-order valence-corrected chi connectivity index (χ4v) is 3.27. The monoisotopic (exact) mass is 239 g/mol. The van der Waals surface area contributed by atoms with Gasteiger partial charge >= 0.3 is 0 Å². The maximum Gasteiger partial charge on any atom is 0.0897 e. The molecule has 16 heavy (non-hydrogen) atoms. The third-order valence-electron chi connectivity index (χ3n) is 3.79. The standard InChI is InChI=1S/C12H21N3S/c1-10-14-11(8-16-10)7-15(2)12(9-13)5-3-4-6-12/h8H,3-7,9,13H2,1-2H3. The van der Waals surface area contributed by atoms with Gasteiger partial charge in [-0.1, -0.05) is 12.8 Å². The molecular formula is C12H21N3S. The van der Waals surface area contributed by atoms with Crippen molar-refractivity contribution in [3.05, 3.63) is 16.1 Å². The van der Waals surface area contributed by atoms with Gasteiger partial charge in [0.05, 0.1) is 10.7 Å². The Labute approximate surface area is 102 Å². The van der Waals surface area contributed by atoms with Crippen LogP contribution < -0.4 is 5.73 Å². The van der Waals surface area contributed by atoms with Crippen molar-refractivity contribution in [3.8, 4) is 0 Å². The average Bonchev–Trinajstić information content (AvgIpc) is 2.88. The Kier molecular flexibility index (Phi) is 3.62. The van der Waals surface area contributed by atoms with E-state index in [-0.39, 0.29) is 5.54 Å². The summed E-state index contributed by atoms with van der Waals surface area (Å²) < 4.78 is 0. The first-order valence-electron chi connectivity index (χ1n) is 5.99. The summed E-state index contributed by atoms with van der Waals surface area (Å²) >= 11 is 1.73. The number of thiazole rings is 1. The van der Waals surface area contributed by atoms with Crippen LogP contribution in [0.25, 0.3) is 0 Å². The fourth-order valence-electron chi connectivity index (χ4n) is 2.67. The third-order valence-corrected chi connectivity index (χ3v) is 4.61. The summed E-state index contributed by atoms with van der Waals surface area (Å²) in [5.74, 6) is 0. The minimum Gasteiger partial charge on any atom is -0.329 e. The van der Waals surface area contributed by atoms with Crippen LogP contribution in [0.4, 0.5) is 0 Å². The van der Waals surface area contributed by atoms with E-state index in [1.54, 1.807) is 11.3 Å². The van der Waals surface area contributed by atoms with Crippen LogP contribution >= 0.6 is 11.3 Å². The van der Waals surface area contributed by atoms with E-state index in [4.69, 9.17) is 5.73 Å². The van der Waals surface area contributed by atoms with Crippen molar-refractivity contribution in [3.63, 3.8) is 0 Å². The summed E-state index contributed by atoms with van der Waals surface area (Å²) in [6.45, 7) is 3.76. The van der Waals surface area contributed by atoms with E-state index < -0.39 is 0 Å². The Hall–Kier alpha value is -0.450. The van der Waals surface area contributed by atoms with Gasteiger partial charge in [0.2, 0.25) is 0 Å². The molecular weight excluding hydrogens is 218 g/mol. The van der Waals surface area contributed by atoms with E-state index in [1.807, 2.05) is 0 Å². The number of likely N-dealkylation sites (N-methyl/N-ethyl adjacent to an activating group) is 1. The van der Waals surface area contributed by atoms with Crippen LogP contribution in [0.2, 0.25) is 0 Å². The van der Waals surface area contributed by atoms with Gasteiger partial charge in [0, 0.05) is 24.0 Å². The van der Waals surface area contributed by atoms with Gasteiger partial charge in [0.25, 0.3) is 0 Å². The lowest BCUT2D eigenvalue weighted by molar-refractivity contribution is 0.122. The number of aromatic nitrogens is 1. The van der Waals surface area contributed by atoms with Gasteiger partial charge in [-0.3, -0.25) is 4.90 Å². The van der Waals surface area contributed by atoms with Crippen molar-refractivity contribution in [2.75, 3.05) is 13.6 Å². The largest absolute Gasteiger partial charge is 0.329 e. The highest BCUT2D eigenvalue weighted by atomic mass is 32.1. The molecule has 2 N–H and O–H groups in total. The van der Waals surface area contributed by atoms with Gasteiger partial charge < -0.3 is 5.73 Å². The molecule has 0 aliphatic heterocycles. The minimum absolute atomic E-state index is 0.234. The number of hydrogen-bond donors (Lipinski definition) is 1. The summed E-state index contributed by atoms with van der Waals surface area (Å²) in [4.78, 5) is 6.93. The second-order valence-electron chi connectivity index (χ2n) is 4.85. The molecule has 2 rings (SSSR count). The molecule has 0 radical (unpaired) electrons. The SMILES string of the molecule is Cc1nc(CN(C)C2(CN)CCCC2)cs1. The van der Waals surface area contributed by atoms with Gasteiger partial charge in [-0.25, -0.2) is 4.98 Å². The van der Waals surface area contributed by atoms with Crippen LogP contribution in [-0.4, -0.2) is 29.0 Å². The van der Waals surface area contributed by atoms with E-state index in [0.717, 1.165) is 18.1 Å². The summed E-state index contributed by atoms with van der Waals surface area (Å²) in [6, 6.07) is 0. The van der Waals surface area contributed by atoms with Crippen molar-refractivity contribution < 1.29 is 0 Å². The van der Waals surface area contributed by atoms with Gasteiger partial charge in [0.15, 0.2) is 0 Å². The Morgan fingerprint density at radius 1 is 1.50 bits per heavy atom. The van der Waals surface area contributed by atoms with Crippen molar-refractivity contribution in [1.82, 2.24) is 9.88 Å². The zero-order chi connectivity index (χ0) is 11.6. The molecule has 0 amide bonds. The Bertz CT molecular complexity index is 342. The molecule has 1 aliphatic carbocycles. The van der Waals surface area contributed by atoms with Crippen molar-refractivity contribution >= 4 is 11.3 Å². The summed E-state index contributed by atoms with van der Waals surface area (Å²) in [7, 11) is 2.19. The number of nitrogens with zero attached hydrogens (tertiary/aromatic N) is 2. The molecule has 1 aromatic heterocycles.